The van der Waals surface area contributed by atoms with Gasteiger partial charge in [0, 0.05) is 24.6 Å². The Morgan fingerprint density at radius 3 is 3.16 bits per heavy atom. The number of hydrogen-bond donors (Lipinski definition) is 1. The summed E-state index contributed by atoms with van der Waals surface area (Å²) in [6.45, 7) is 4.37. The lowest BCUT2D eigenvalue weighted by atomic mass is 9.99. The van der Waals surface area contributed by atoms with Gasteiger partial charge < -0.3 is 10.0 Å². The number of aromatic nitrogens is 2. The minimum Gasteiger partial charge on any atom is -0.396 e. The molecule has 0 unspecified atom stereocenters. The summed E-state index contributed by atoms with van der Waals surface area (Å²) >= 11 is 1.75. The van der Waals surface area contributed by atoms with Crippen molar-refractivity contribution in [3.63, 3.8) is 0 Å². The van der Waals surface area contributed by atoms with Gasteiger partial charge in [0.25, 0.3) is 0 Å². The molecule has 1 aliphatic rings. The minimum atomic E-state index is 0.272. The molecule has 0 spiro atoms. The molecule has 102 valence electrons. The Balaban J connectivity index is 1.97. The van der Waals surface area contributed by atoms with Crippen LogP contribution in [0.2, 0.25) is 0 Å². The number of nitrogens with zero attached hydrogens (tertiary/aromatic N) is 3. The Morgan fingerprint density at radius 1 is 1.47 bits per heavy atom. The summed E-state index contributed by atoms with van der Waals surface area (Å²) in [6, 6.07) is 2.22. The quantitative estimate of drug-likeness (QED) is 0.936. The number of aryl methyl sites for hydroxylation is 1. The monoisotopic (exact) mass is 277 g/mol. The van der Waals surface area contributed by atoms with E-state index in [1.54, 1.807) is 17.7 Å². The van der Waals surface area contributed by atoms with Gasteiger partial charge in [0.1, 0.15) is 17.0 Å². The molecule has 4 nitrogen and oxygen atoms in total. The molecule has 0 saturated carbocycles. The Morgan fingerprint density at radius 2 is 2.37 bits per heavy atom. The van der Waals surface area contributed by atoms with Crippen molar-refractivity contribution in [3.8, 4) is 0 Å². The van der Waals surface area contributed by atoms with Crippen LogP contribution >= 0.6 is 11.3 Å². The number of anilines is 1. The Hall–Kier alpha value is -1.20. The fraction of sp³-hybridized carbons (Fsp3) is 0.571. The number of thiophene rings is 1. The lowest BCUT2D eigenvalue weighted by Gasteiger charge is -2.32. The van der Waals surface area contributed by atoms with Crippen LogP contribution in [0.1, 0.15) is 24.6 Å². The molecule has 2 aromatic heterocycles. The Kier molecular flexibility index (Phi) is 3.66. The lowest BCUT2D eigenvalue weighted by molar-refractivity contribution is 0.208. The van der Waals surface area contributed by atoms with Gasteiger partial charge in [-0.1, -0.05) is 6.92 Å². The molecule has 0 radical (unpaired) electrons. The summed E-state index contributed by atoms with van der Waals surface area (Å²) in [4.78, 5) is 13.6. The highest BCUT2D eigenvalue weighted by atomic mass is 32.1. The molecule has 3 heterocycles. The van der Waals surface area contributed by atoms with Crippen LogP contribution in [0.15, 0.2) is 12.4 Å². The first kappa shape index (κ1) is 12.8. The van der Waals surface area contributed by atoms with Crippen LogP contribution in [0, 0.1) is 5.92 Å². The zero-order chi connectivity index (χ0) is 13.2. The topological polar surface area (TPSA) is 49.2 Å². The smallest absolute Gasteiger partial charge is 0.140 e. The zero-order valence-corrected chi connectivity index (χ0v) is 12.0. The van der Waals surface area contributed by atoms with Crippen LogP contribution in [0.25, 0.3) is 10.2 Å². The van der Waals surface area contributed by atoms with Crippen molar-refractivity contribution in [1.82, 2.24) is 9.97 Å². The van der Waals surface area contributed by atoms with Crippen LogP contribution in [-0.4, -0.2) is 34.8 Å². The third-order valence-corrected chi connectivity index (χ3v) is 4.97. The average molecular weight is 277 g/mol. The molecular weight excluding hydrogens is 258 g/mol. The van der Waals surface area contributed by atoms with Crippen molar-refractivity contribution in [1.29, 1.82) is 0 Å². The normalized spacial score (nSPS) is 20.1. The number of rotatable bonds is 3. The third-order valence-electron chi connectivity index (χ3n) is 3.78. The summed E-state index contributed by atoms with van der Waals surface area (Å²) in [7, 11) is 0. The number of aliphatic hydroxyl groups is 1. The summed E-state index contributed by atoms with van der Waals surface area (Å²) in [5.74, 6) is 1.42. The van der Waals surface area contributed by atoms with E-state index >= 15 is 0 Å². The number of hydrogen-bond acceptors (Lipinski definition) is 5. The van der Waals surface area contributed by atoms with Crippen molar-refractivity contribution in [2.75, 3.05) is 24.6 Å². The van der Waals surface area contributed by atoms with E-state index in [1.165, 1.54) is 10.3 Å². The molecule has 1 aliphatic heterocycles. The maximum atomic E-state index is 9.35. The van der Waals surface area contributed by atoms with E-state index in [2.05, 4.69) is 27.9 Å². The second kappa shape index (κ2) is 5.43. The van der Waals surface area contributed by atoms with E-state index in [4.69, 9.17) is 0 Å². The molecule has 3 rings (SSSR count). The number of piperidine rings is 1. The van der Waals surface area contributed by atoms with E-state index < -0.39 is 0 Å². The largest absolute Gasteiger partial charge is 0.396 e. The SMILES string of the molecule is CCc1cc2c(N3CCC[C@H](CO)C3)ncnc2s1. The van der Waals surface area contributed by atoms with Crippen molar-refractivity contribution >= 4 is 27.4 Å². The van der Waals surface area contributed by atoms with Gasteiger partial charge in [0.2, 0.25) is 0 Å². The first-order chi connectivity index (χ1) is 9.31. The highest BCUT2D eigenvalue weighted by molar-refractivity contribution is 7.18. The average Bonchev–Trinajstić information content (AvgIpc) is 2.90. The first-order valence-electron chi connectivity index (χ1n) is 6.91. The van der Waals surface area contributed by atoms with Crippen molar-refractivity contribution in [2.45, 2.75) is 26.2 Å². The molecule has 5 heteroatoms. The molecule has 0 aliphatic carbocycles. The van der Waals surface area contributed by atoms with Gasteiger partial charge in [-0.05, 0) is 31.2 Å². The molecule has 19 heavy (non-hydrogen) atoms. The Labute approximate surface area is 117 Å². The second-order valence-electron chi connectivity index (χ2n) is 5.12. The second-order valence-corrected chi connectivity index (χ2v) is 6.23. The summed E-state index contributed by atoms with van der Waals surface area (Å²) in [5, 5.41) is 10.5. The predicted octanol–water partition coefficient (Wildman–Crippen LogP) is 2.46. The van der Waals surface area contributed by atoms with E-state index in [0.717, 1.165) is 43.0 Å². The first-order valence-corrected chi connectivity index (χ1v) is 7.72. The maximum absolute atomic E-state index is 9.35. The van der Waals surface area contributed by atoms with E-state index in [1.807, 2.05) is 0 Å². The summed E-state index contributed by atoms with van der Waals surface area (Å²) in [6.07, 6.45) is 4.95. The van der Waals surface area contributed by atoms with E-state index in [9.17, 15) is 5.11 Å². The van der Waals surface area contributed by atoms with Crippen molar-refractivity contribution < 1.29 is 5.11 Å². The van der Waals surface area contributed by atoms with Gasteiger partial charge in [-0.25, -0.2) is 9.97 Å². The van der Waals surface area contributed by atoms with Gasteiger partial charge >= 0.3 is 0 Å². The van der Waals surface area contributed by atoms with Crippen LogP contribution < -0.4 is 4.90 Å². The summed E-state index contributed by atoms with van der Waals surface area (Å²) in [5.41, 5.74) is 0. The molecule has 1 saturated heterocycles. The van der Waals surface area contributed by atoms with Crippen molar-refractivity contribution in [3.05, 3.63) is 17.3 Å². The van der Waals surface area contributed by atoms with Gasteiger partial charge in [0.05, 0.1) is 5.39 Å². The van der Waals surface area contributed by atoms with Crippen LogP contribution in [0.5, 0.6) is 0 Å². The van der Waals surface area contributed by atoms with E-state index in [0.29, 0.717) is 5.92 Å². The van der Waals surface area contributed by atoms with E-state index in [-0.39, 0.29) is 6.61 Å². The Bertz CT molecular complexity index is 569. The number of fused-ring (bicyclic) bond motifs is 1. The zero-order valence-electron chi connectivity index (χ0n) is 11.2. The van der Waals surface area contributed by atoms with Gasteiger partial charge in [-0.15, -0.1) is 11.3 Å². The maximum Gasteiger partial charge on any atom is 0.140 e. The third kappa shape index (κ3) is 2.44. The molecule has 2 aromatic rings. The fourth-order valence-electron chi connectivity index (χ4n) is 2.73. The highest BCUT2D eigenvalue weighted by Crippen LogP contribution is 2.32. The number of aliphatic hydroxyl groups excluding tert-OH is 1. The molecule has 1 atom stereocenters. The van der Waals surface area contributed by atoms with Gasteiger partial charge in [-0.2, -0.15) is 0 Å². The molecular formula is C14H19N3OS. The molecule has 0 bridgehead atoms. The van der Waals surface area contributed by atoms with Crippen molar-refractivity contribution in [2.24, 2.45) is 5.92 Å². The van der Waals surface area contributed by atoms with Crippen LogP contribution in [0.4, 0.5) is 5.82 Å². The van der Waals surface area contributed by atoms with Crippen LogP contribution in [-0.2, 0) is 6.42 Å². The van der Waals surface area contributed by atoms with Gasteiger partial charge in [-0.3, -0.25) is 0 Å². The standard InChI is InChI=1S/C14H19N3OS/c1-2-11-6-12-13(15-9-16-14(12)19-11)17-5-3-4-10(7-17)8-18/h6,9-10,18H,2-5,7-8H2,1H3/t10-/m0/s1. The highest BCUT2D eigenvalue weighted by Gasteiger charge is 2.22. The minimum absolute atomic E-state index is 0.272. The molecule has 1 fully saturated rings. The molecule has 0 amide bonds. The van der Waals surface area contributed by atoms with Gasteiger partial charge in [0.15, 0.2) is 0 Å². The van der Waals surface area contributed by atoms with Crippen LogP contribution in [0.3, 0.4) is 0 Å². The fourth-order valence-corrected chi connectivity index (χ4v) is 3.66. The molecule has 0 aromatic carbocycles. The predicted molar refractivity (Wildman–Crippen MR) is 78.8 cm³/mol. The lowest BCUT2D eigenvalue weighted by Crippen LogP contribution is -2.37. The molecule has 1 N–H and O–H groups in total. The summed E-state index contributed by atoms with van der Waals surface area (Å²) < 4.78 is 0.